The quantitative estimate of drug-likeness (QED) is 0.375. The van der Waals surface area contributed by atoms with Crippen molar-refractivity contribution in [2.75, 3.05) is 0 Å². The van der Waals surface area contributed by atoms with Crippen LogP contribution in [0.5, 0.6) is 0 Å². The molecule has 0 aliphatic rings. The summed E-state index contributed by atoms with van der Waals surface area (Å²) < 4.78 is 0. The van der Waals surface area contributed by atoms with E-state index in [0.29, 0.717) is 0 Å². The zero-order chi connectivity index (χ0) is 13.9. The highest BCUT2D eigenvalue weighted by molar-refractivity contribution is 7.98. The summed E-state index contributed by atoms with van der Waals surface area (Å²) in [4.78, 5) is 8.54. The molecule has 0 aliphatic carbocycles. The van der Waals surface area contributed by atoms with Gasteiger partial charge in [-0.05, 0) is 29.3 Å². The molecule has 0 N–H and O–H groups in total. The van der Waals surface area contributed by atoms with Gasteiger partial charge in [0.05, 0.1) is 5.52 Å². The minimum atomic E-state index is 0.269. The molecule has 0 aliphatic heterocycles. The van der Waals surface area contributed by atoms with Gasteiger partial charge in [-0.3, -0.25) is 0 Å². The number of nitrogens with zero attached hydrogens (tertiary/aromatic N) is 2. The number of hydrogen-bond donors (Lipinski definition) is 0. The number of aromatic nitrogens is 2. The van der Waals surface area contributed by atoms with Crippen LogP contribution < -0.4 is 0 Å². The maximum atomic E-state index is 6.17. The predicted molar refractivity (Wildman–Crippen MR) is 85.6 cm³/mol. The van der Waals surface area contributed by atoms with Crippen LogP contribution in [0.1, 0.15) is 5.56 Å². The molecule has 2 nitrogen and oxygen atoms in total. The topological polar surface area (TPSA) is 25.8 Å². The number of fused-ring (bicyclic) bond motifs is 1. The molecule has 3 aromatic rings. The van der Waals surface area contributed by atoms with Crippen molar-refractivity contribution in [2.45, 2.75) is 10.8 Å². The highest BCUT2D eigenvalue weighted by atomic mass is 35.5. The Labute approximate surface area is 131 Å². The molecular formula is C15H10Cl2N2S. The van der Waals surface area contributed by atoms with E-state index in [1.165, 1.54) is 0 Å². The molecule has 100 valence electrons. The van der Waals surface area contributed by atoms with Gasteiger partial charge in [0.15, 0.2) is 0 Å². The van der Waals surface area contributed by atoms with Gasteiger partial charge in [-0.15, -0.1) is 11.8 Å². The van der Waals surface area contributed by atoms with Crippen LogP contribution in [0, 0.1) is 0 Å². The molecule has 0 atom stereocenters. The zero-order valence-electron chi connectivity index (χ0n) is 10.4. The molecule has 2 aromatic carbocycles. The fourth-order valence-corrected chi connectivity index (χ4v) is 3.42. The lowest BCUT2D eigenvalue weighted by Gasteiger charge is -2.06. The van der Waals surface area contributed by atoms with Gasteiger partial charge in [-0.25, -0.2) is 9.97 Å². The van der Waals surface area contributed by atoms with E-state index in [0.717, 1.165) is 32.3 Å². The molecule has 0 saturated heterocycles. The average molecular weight is 321 g/mol. The van der Waals surface area contributed by atoms with Crippen molar-refractivity contribution in [3.8, 4) is 0 Å². The molecule has 0 fully saturated rings. The Hall–Kier alpha value is -1.29. The summed E-state index contributed by atoms with van der Waals surface area (Å²) >= 11 is 13.8. The molecule has 20 heavy (non-hydrogen) atoms. The SMILES string of the molecule is Clc1nc(SCc2ccccc2Cl)c2ccccc2n1. The summed E-state index contributed by atoms with van der Waals surface area (Å²) in [5, 5.41) is 2.92. The maximum absolute atomic E-state index is 6.17. The van der Waals surface area contributed by atoms with Gasteiger partial charge in [0.25, 0.3) is 0 Å². The number of thioether (sulfide) groups is 1. The van der Waals surface area contributed by atoms with Gasteiger partial charge >= 0.3 is 0 Å². The molecule has 0 unspecified atom stereocenters. The number of rotatable bonds is 3. The number of para-hydroxylation sites is 1. The number of hydrogen-bond acceptors (Lipinski definition) is 3. The maximum Gasteiger partial charge on any atom is 0.224 e. The largest absolute Gasteiger partial charge is 0.224 e. The van der Waals surface area contributed by atoms with Gasteiger partial charge < -0.3 is 0 Å². The molecule has 1 aromatic heterocycles. The summed E-state index contributed by atoms with van der Waals surface area (Å²) in [5.74, 6) is 0.747. The second kappa shape index (κ2) is 6.00. The van der Waals surface area contributed by atoms with Crippen LogP contribution in [0.15, 0.2) is 53.6 Å². The lowest BCUT2D eigenvalue weighted by molar-refractivity contribution is 1.10. The summed E-state index contributed by atoms with van der Waals surface area (Å²) in [7, 11) is 0. The van der Waals surface area contributed by atoms with E-state index in [1.807, 2.05) is 48.5 Å². The first kappa shape index (κ1) is 13.7. The first-order chi connectivity index (χ1) is 9.74. The molecule has 0 radical (unpaired) electrons. The van der Waals surface area contributed by atoms with E-state index >= 15 is 0 Å². The van der Waals surface area contributed by atoms with E-state index in [2.05, 4.69) is 9.97 Å². The number of benzene rings is 2. The normalized spacial score (nSPS) is 10.9. The Morgan fingerprint density at radius 2 is 1.65 bits per heavy atom. The highest BCUT2D eigenvalue weighted by Crippen LogP contribution is 2.30. The summed E-state index contributed by atoms with van der Waals surface area (Å²) in [6.45, 7) is 0. The van der Waals surface area contributed by atoms with Gasteiger partial charge in [0.2, 0.25) is 5.28 Å². The second-order valence-corrected chi connectivity index (χ2v) is 5.90. The average Bonchev–Trinajstić information content (AvgIpc) is 2.46. The molecule has 1 heterocycles. The first-order valence-electron chi connectivity index (χ1n) is 6.02. The van der Waals surface area contributed by atoms with Crippen LogP contribution in [-0.4, -0.2) is 9.97 Å². The Balaban J connectivity index is 1.93. The highest BCUT2D eigenvalue weighted by Gasteiger charge is 2.08. The Kier molecular flexibility index (Phi) is 4.10. The van der Waals surface area contributed by atoms with E-state index in [9.17, 15) is 0 Å². The Bertz CT molecular complexity index is 762. The van der Waals surface area contributed by atoms with E-state index in [-0.39, 0.29) is 5.28 Å². The molecule has 0 spiro atoms. The van der Waals surface area contributed by atoms with Crippen LogP contribution >= 0.6 is 35.0 Å². The van der Waals surface area contributed by atoms with E-state index in [1.54, 1.807) is 11.8 Å². The van der Waals surface area contributed by atoms with Crippen molar-refractivity contribution in [1.82, 2.24) is 9.97 Å². The molecule has 0 amide bonds. The zero-order valence-corrected chi connectivity index (χ0v) is 12.7. The van der Waals surface area contributed by atoms with Crippen LogP contribution in [0.25, 0.3) is 10.9 Å². The standard InChI is InChI=1S/C15H10Cl2N2S/c16-12-7-3-1-5-10(12)9-20-14-11-6-2-4-8-13(11)18-15(17)19-14/h1-8H,9H2. The van der Waals surface area contributed by atoms with E-state index < -0.39 is 0 Å². The first-order valence-corrected chi connectivity index (χ1v) is 7.76. The van der Waals surface area contributed by atoms with Crippen molar-refractivity contribution in [3.05, 3.63) is 64.4 Å². The molecule has 0 bridgehead atoms. The van der Waals surface area contributed by atoms with Crippen LogP contribution in [0.4, 0.5) is 0 Å². The van der Waals surface area contributed by atoms with Gasteiger partial charge in [-0.1, -0.05) is 48.0 Å². The van der Waals surface area contributed by atoms with Gasteiger partial charge in [0, 0.05) is 16.2 Å². The lowest BCUT2D eigenvalue weighted by atomic mass is 10.2. The third-order valence-electron chi connectivity index (χ3n) is 2.86. The smallest absolute Gasteiger partial charge is 0.218 e. The summed E-state index contributed by atoms with van der Waals surface area (Å²) in [6, 6.07) is 15.7. The van der Waals surface area contributed by atoms with Crippen LogP contribution in [0.2, 0.25) is 10.3 Å². The Morgan fingerprint density at radius 1 is 0.900 bits per heavy atom. The third kappa shape index (κ3) is 2.90. The summed E-state index contributed by atoms with van der Waals surface area (Å²) in [5.41, 5.74) is 1.94. The molecule has 5 heteroatoms. The fraction of sp³-hybridized carbons (Fsp3) is 0.0667. The monoisotopic (exact) mass is 320 g/mol. The van der Waals surface area contributed by atoms with Gasteiger partial charge in [-0.2, -0.15) is 0 Å². The van der Waals surface area contributed by atoms with Crippen LogP contribution in [0.3, 0.4) is 0 Å². The second-order valence-electron chi connectivity index (χ2n) is 4.20. The minimum absolute atomic E-state index is 0.269. The molecular weight excluding hydrogens is 311 g/mol. The summed E-state index contributed by atoms with van der Waals surface area (Å²) in [6.07, 6.45) is 0. The molecule has 0 saturated carbocycles. The van der Waals surface area contributed by atoms with Crippen molar-refractivity contribution in [3.63, 3.8) is 0 Å². The fourth-order valence-electron chi connectivity index (χ4n) is 1.89. The van der Waals surface area contributed by atoms with Crippen molar-refractivity contribution in [1.29, 1.82) is 0 Å². The third-order valence-corrected chi connectivity index (χ3v) is 4.44. The van der Waals surface area contributed by atoms with Crippen molar-refractivity contribution >= 4 is 45.9 Å². The molecule has 3 rings (SSSR count). The predicted octanol–water partition coefficient (Wildman–Crippen LogP) is 5.23. The van der Waals surface area contributed by atoms with Crippen LogP contribution in [-0.2, 0) is 5.75 Å². The minimum Gasteiger partial charge on any atom is -0.218 e. The van der Waals surface area contributed by atoms with Gasteiger partial charge in [0.1, 0.15) is 5.03 Å². The number of halogens is 2. The lowest BCUT2D eigenvalue weighted by Crippen LogP contribution is -1.90. The van der Waals surface area contributed by atoms with Crippen molar-refractivity contribution in [2.24, 2.45) is 0 Å². The van der Waals surface area contributed by atoms with Crippen molar-refractivity contribution < 1.29 is 0 Å². The van der Waals surface area contributed by atoms with E-state index in [4.69, 9.17) is 23.2 Å². The Morgan fingerprint density at radius 3 is 2.50 bits per heavy atom.